The van der Waals surface area contributed by atoms with Crippen LogP contribution in [-0.4, -0.2) is 12.5 Å². The SMILES string of the molecule is CC(=O)N1CCCc2cc(SCl)ccc21. The Morgan fingerprint density at radius 3 is 3.00 bits per heavy atom. The second-order valence-corrected chi connectivity index (χ2v) is 4.73. The predicted octanol–water partition coefficient (Wildman–Crippen LogP) is 3.23. The van der Waals surface area contributed by atoms with Gasteiger partial charge in [-0.15, -0.1) is 0 Å². The van der Waals surface area contributed by atoms with Crippen LogP contribution in [0.3, 0.4) is 0 Å². The number of amides is 1. The van der Waals surface area contributed by atoms with E-state index in [0.29, 0.717) is 0 Å². The molecule has 2 nitrogen and oxygen atoms in total. The van der Waals surface area contributed by atoms with Gasteiger partial charge < -0.3 is 4.90 Å². The highest BCUT2D eigenvalue weighted by Gasteiger charge is 2.19. The number of hydrogen-bond acceptors (Lipinski definition) is 2. The number of benzene rings is 1. The average Bonchev–Trinajstić information content (AvgIpc) is 2.27. The third-order valence-corrected chi connectivity index (χ3v) is 3.61. The summed E-state index contributed by atoms with van der Waals surface area (Å²) in [4.78, 5) is 14.3. The minimum absolute atomic E-state index is 0.113. The Balaban J connectivity index is 2.40. The number of anilines is 1. The van der Waals surface area contributed by atoms with Gasteiger partial charge in [-0.1, -0.05) is 0 Å². The molecule has 1 amide bonds. The Kier molecular flexibility index (Phi) is 3.22. The van der Waals surface area contributed by atoms with Gasteiger partial charge in [-0.3, -0.25) is 4.79 Å². The van der Waals surface area contributed by atoms with Gasteiger partial charge in [-0.25, -0.2) is 0 Å². The first-order valence-corrected chi connectivity index (χ1v) is 6.56. The molecule has 0 saturated carbocycles. The summed E-state index contributed by atoms with van der Waals surface area (Å²) in [7, 11) is 6.92. The molecule has 0 N–H and O–H groups in total. The van der Waals surface area contributed by atoms with E-state index in [1.54, 1.807) is 6.92 Å². The van der Waals surface area contributed by atoms with E-state index in [4.69, 9.17) is 10.7 Å². The van der Waals surface area contributed by atoms with Crippen LogP contribution < -0.4 is 4.90 Å². The molecule has 0 saturated heterocycles. The van der Waals surface area contributed by atoms with Crippen molar-refractivity contribution in [3.05, 3.63) is 23.8 Å². The third-order valence-electron chi connectivity index (χ3n) is 2.64. The molecule has 1 aliphatic heterocycles. The molecule has 15 heavy (non-hydrogen) atoms. The first kappa shape index (κ1) is 10.8. The van der Waals surface area contributed by atoms with Gasteiger partial charge in [-0.05, 0) is 58.3 Å². The van der Waals surface area contributed by atoms with E-state index in [1.165, 1.54) is 16.5 Å². The molecule has 0 atom stereocenters. The fourth-order valence-corrected chi connectivity index (χ4v) is 2.54. The number of carbonyl (C=O) groups excluding carboxylic acids is 1. The minimum atomic E-state index is 0.113. The van der Waals surface area contributed by atoms with E-state index in [2.05, 4.69) is 6.07 Å². The molecule has 0 spiro atoms. The van der Waals surface area contributed by atoms with Crippen molar-refractivity contribution in [3.8, 4) is 0 Å². The topological polar surface area (TPSA) is 20.3 Å². The number of carbonyl (C=O) groups is 1. The molecule has 0 aromatic heterocycles. The lowest BCUT2D eigenvalue weighted by Gasteiger charge is -2.28. The quantitative estimate of drug-likeness (QED) is 0.753. The summed E-state index contributed by atoms with van der Waals surface area (Å²) < 4.78 is 0. The molecular weight excluding hydrogens is 230 g/mol. The zero-order valence-electron chi connectivity index (χ0n) is 8.50. The number of fused-ring (bicyclic) bond motifs is 1. The van der Waals surface area contributed by atoms with E-state index in [0.717, 1.165) is 30.0 Å². The third kappa shape index (κ3) is 2.13. The maximum absolute atomic E-state index is 11.4. The van der Waals surface area contributed by atoms with Crippen LogP contribution in [0.25, 0.3) is 0 Å². The van der Waals surface area contributed by atoms with Crippen molar-refractivity contribution in [3.63, 3.8) is 0 Å². The summed E-state index contributed by atoms with van der Waals surface area (Å²) in [6.07, 6.45) is 2.06. The fraction of sp³-hybridized carbons (Fsp3) is 0.364. The molecule has 1 aliphatic rings. The average molecular weight is 242 g/mol. The van der Waals surface area contributed by atoms with Gasteiger partial charge in [0.15, 0.2) is 0 Å². The summed E-state index contributed by atoms with van der Waals surface area (Å²) in [6.45, 7) is 2.44. The molecular formula is C11H12ClNOS. The lowest BCUT2D eigenvalue weighted by Crippen LogP contribution is -2.33. The lowest BCUT2D eigenvalue weighted by atomic mass is 10.0. The maximum atomic E-state index is 11.4. The Morgan fingerprint density at radius 1 is 1.53 bits per heavy atom. The number of hydrogen-bond donors (Lipinski definition) is 0. The summed E-state index contributed by atoms with van der Waals surface area (Å²) in [6, 6.07) is 6.01. The molecule has 2 rings (SSSR count). The van der Waals surface area contributed by atoms with Crippen LogP contribution in [0.1, 0.15) is 18.9 Å². The molecule has 0 radical (unpaired) electrons. The van der Waals surface area contributed by atoms with Crippen LogP contribution in [0.2, 0.25) is 0 Å². The normalized spacial score (nSPS) is 14.9. The highest BCUT2D eigenvalue weighted by molar-refractivity contribution is 8.21. The molecule has 1 aromatic rings. The standard InChI is InChI=1S/C11H12ClNOS/c1-8(14)13-6-2-3-9-7-10(15-12)4-5-11(9)13/h4-5,7H,2-3,6H2,1H3. The van der Waals surface area contributed by atoms with Crippen molar-refractivity contribution in [2.24, 2.45) is 0 Å². The molecule has 4 heteroatoms. The summed E-state index contributed by atoms with van der Waals surface area (Å²) in [5.41, 5.74) is 2.27. The first-order chi connectivity index (χ1) is 7.22. The number of aryl methyl sites for hydroxylation is 1. The largest absolute Gasteiger partial charge is 0.312 e. The predicted molar refractivity (Wildman–Crippen MR) is 64.5 cm³/mol. The van der Waals surface area contributed by atoms with Crippen LogP contribution in [-0.2, 0) is 11.2 Å². The Bertz CT molecular complexity index is 394. The van der Waals surface area contributed by atoms with Crippen LogP contribution in [0.4, 0.5) is 5.69 Å². The van der Waals surface area contributed by atoms with Gasteiger partial charge in [0.2, 0.25) is 5.91 Å². The van der Waals surface area contributed by atoms with Crippen molar-refractivity contribution in [2.45, 2.75) is 24.7 Å². The molecule has 0 unspecified atom stereocenters. The molecule has 1 aromatic carbocycles. The fourth-order valence-electron chi connectivity index (χ4n) is 1.95. The van der Waals surface area contributed by atoms with E-state index in [9.17, 15) is 4.79 Å². The monoisotopic (exact) mass is 241 g/mol. The number of halogens is 1. The zero-order chi connectivity index (χ0) is 10.8. The highest BCUT2D eigenvalue weighted by Crippen LogP contribution is 2.32. The number of rotatable bonds is 1. The summed E-state index contributed by atoms with van der Waals surface area (Å²) >= 11 is 0. The zero-order valence-corrected chi connectivity index (χ0v) is 10.1. The van der Waals surface area contributed by atoms with Crippen LogP contribution in [0.5, 0.6) is 0 Å². The van der Waals surface area contributed by atoms with Gasteiger partial charge >= 0.3 is 0 Å². The van der Waals surface area contributed by atoms with Gasteiger partial charge in [0.25, 0.3) is 0 Å². The van der Waals surface area contributed by atoms with Crippen LogP contribution in [0.15, 0.2) is 23.1 Å². The van der Waals surface area contributed by atoms with Crippen molar-refractivity contribution in [1.29, 1.82) is 0 Å². The lowest BCUT2D eigenvalue weighted by molar-refractivity contribution is -0.116. The van der Waals surface area contributed by atoms with Crippen LogP contribution >= 0.6 is 21.7 Å². The smallest absolute Gasteiger partial charge is 0.223 e. The van der Waals surface area contributed by atoms with E-state index >= 15 is 0 Å². The van der Waals surface area contributed by atoms with Crippen molar-refractivity contribution in [1.82, 2.24) is 0 Å². The Morgan fingerprint density at radius 2 is 2.33 bits per heavy atom. The van der Waals surface area contributed by atoms with Crippen LogP contribution in [0, 0.1) is 0 Å². The molecule has 80 valence electrons. The number of nitrogens with zero attached hydrogens (tertiary/aromatic N) is 1. The van der Waals surface area contributed by atoms with Gasteiger partial charge in [0, 0.05) is 24.1 Å². The Hall–Kier alpha value is -0.670. The molecule has 0 aliphatic carbocycles. The molecule has 0 fully saturated rings. The molecule has 1 heterocycles. The Labute approximate surface area is 98.1 Å². The van der Waals surface area contributed by atoms with Crippen molar-refractivity contribution >= 4 is 33.3 Å². The minimum Gasteiger partial charge on any atom is -0.312 e. The van der Waals surface area contributed by atoms with E-state index in [-0.39, 0.29) is 5.91 Å². The molecule has 0 bridgehead atoms. The van der Waals surface area contributed by atoms with E-state index < -0.39 is 0 Å². The second-order valence-electron chi connectivity index (χ2n) is 3.64. The van der Waals surface area contributed by atoms with E-state index in [1.807, 2.05) is 17.0 Å². The summed E-state index contributed by atoms with van der Waals surface area (Å²) in [5, 5.41) is 0. The second kappa shape index (κ2) is 4.45. The highest BCUT2D eigenvalue weighted by atomic mass is 35.7. The van der Waals surface area contributed by atoms with Gasteiger partial charge in [0.1, 0.15) is 0 Å². The summed E-state index contributed by atoms with van der Waals surface area (Å²) in [5.74, 6) is 0.113. The first-order valence-electron chi connectivity index (χ1n) is 4.92. The van der Waals surface area contributed by atoms with Gasteiger partial charge in [-0.2, -0.15) is 0 Å². The van der Waals surface area contributed by atoms with Crippen molar-refractivity contribution in [2.75, 3.05) is 11.4 Å². The van der Waals surface area contributed by atoms with Crippen molar-refractivity contribution < 1.29 is 4.79 Å². The van der Waals surface area contributed by atoms with Gasteiger partial charge in [0.05, 0.1) is 0 Å². The maximum Gasteiger partial charge on any atom is 0.223 e.